The number of hydrogen-bond donors (Lipinski definition) is 1. The third-order valence-electron chi connectivity index (χ3n) is 4.77. The van der Waals surface area contributed by atoms with Crippen LogP contribution in [0.1, 0.15) is 5.56 Å². The van der Waals surface area contributed by atoms with Crippen LogP contribution in [0, 0.1) is 11.3 Å². The van der Waals surface area contributed by atoms with Gasteiger partial charge in [0.15, 0.2) is 0 Å². The molecule has 132 valence electrons. The van der Waals surface area contributed by atoms with E-state index >= 15 is 0 Å². The van der Waals surface area contributed by atoms with Crippen LogP contribution in [0.3, 0.4) is 0 Å². The van der Waals surface area contributed by atoms with Crippen LogP contribution in [-0.4, -0.2) is 43.9 Å². The molecule has 26 heavy (non-hydrogen) atoms. The lowest BCUT2D eigenvalue weighted by atomic mass is 10.2. The lowest BCUT2D eigenvalue weighted by Crippen LogP contribution is -2.48. The molecule has 1 aliphatic rings. The van der Waals surface area contributed by atoms with Crippen molar-refractivity contribution in [1.82, 2.24) is 9.29 Å². The third-order valence-corrected chi connectivity index (χ3v) is 6.69. The Labute approximate surface area is 152 Å². The molecule has 6 nitrogen and oxygen atoms in total. The summed E-state index contributed by atoms with van der Waals surface area (Å²) < 4.78 is 27.2. The van der Waals surface area contributed by atoms with Crippen molar-refractivity contribution in [3.05, 3.63) is 60.3 Å². The molecule has 0 aliphatic carbocycles. The largest absolute Gasteiger partial charge is 0.368 e. The molecule has 0 atom stereocenters. The van der Waals surface area contributed by atoms with Gasteiger partial charge in [0.05, 0.1) is 16.5 Å². The Kier molecular flexibility index (Phi) is 4.15. The minimum atomic E-state index is -3.53. The summed E-state index contributed by atoms with van der Waals surface area (Å²) in [4.78, 5) is 5.66. The van der Waals surface area contributed by atoms with Crippen LogP contribution in [0.15, 0.2) is 59.6 Å². The number of fused-ring (bicyclic) bond motifs is 1. The monoisotopic (exact) mass is 366 g/mol. The van der Waals surface area contributed by atoms with Crippen LogP contribution in [0.5, 0.6) is 0 Å². The van der Waals surface area contributed by atoms with Gasteiger partial charge in [-0.25, -0.2) is 8.42 Å². The zero-order valence-electron chi connectivity index (χ0n) is 14.1. The molecule has 0 unspecified atom stereocenters. The quantitative estimate of drug-likeness (QED) is 0.772. The molecule has 4 rings (SSSR count). The van der Waals surface area contributed by atoms with Crippen molar-refractivity contribution in [3.8, 4) is 6.07 Å². The molecule has 0 saturated carbocycles. The van der Waals surface area contributed by atoms with Gasteiger partial charge < -0.3 is 9.88 Å². The van der Waals surface area contributed by atoms with Crippen LogP contribution in [0.4, 0.5) is 5.69 Å². The van der Waals surface area contributed by atoms with Crippen molar-refractivity contribution in [1.29, 1.82) is 5.26 Å². The Morgan fingerprint density at radius 1 is 0.962 bits per heavy atom. The summed E-state index contributed by atoms with van der Waals surface area (Å²) >= 11 is 0. The first kappa shape index (κ1) is 16.6. The minimum absolute atomic E-state index is 0.234. The van der Waals surface area contributed by atoms with Gasteiger partial charge in [0.1, 0.15) is 0 Å². The second-order valence-electron chi connectivity index (χ2n) is 6.24. The van der Waals surface area contributed by atoms with E-state index in [1.54, 1.807) is 0 Å². The van der Waals surface area contributed by atoms with Gasteiger partial charge in [-0.3, -0.25) is 0 Å². The molecule has 2 heterocycles. The van der Waals surface area contributed by atoms with E-state index in [9.17, 15) is 8.42 Å². The molecule has 1 aliphatic heterocycles. The minimum Gasteiger partial charge on any atom is -0.368 e. The van der Waals surface area contributed by atoms with Crippen molar-refractivity contribution in [3.63, 3.8) is 0 Å². The molecule has 1 N–H and O–H groups in total. The fourth-order valence-electron chi connectivity index (χ4n) is 3.36. The number of nitrogens with one attached hydrogen (secondary N) is 1. The average Bonchev–Trinajstić information content (AvgIpc) is 3.17. The predicted octanol–water partition coefficient (Wildman–Crippen LogP) is 2.55. The number of sulfonamides is 1. The molecule has 3 aromatic rings. The highest BCUT2D eigenvalue weighted by atomic mass is 32.2. The van der Waals surface area contributed by atoms with Crippen LogP contribution in [-0.2, 0) is 10.0 Å². The van der Waals surface area contributed by atoms with E-state index < -0.39 is 10.0 Å². The fourth-order valence-corrected chi connectivity index (χ4v) is 4.79. The highest BCUT2D eigenvalue weighted by molar-refractivity contribution is 7.89. The maximum Gasteiger partial charge on any atom is 0.243 e. The fraction of sp³-hybridized carbons (Fsp3) is 0.211. The van der Waals surface area contributed by atoms with Crippen LogP contribution >= 0.6 is 0 Å². The summed E-state index contributed by atoms with van der Waals surface area (Å²) in [5.41, 5.74) is 2.66. The first-order valence-electron chi connectivity index (χ1n) is 8.41. The lowest BCUT2D eigenvalue weighted by molar-refractivity contribution is 0.385. The number of nitrogens with zero attached hydrogens (tertiary/aromatic N) is 3. The zero-order chi connectivity index (χ0) is 18.1. The molecule has 7 heteroatoms. The number of aromatic nitrogens is 1. The van der Waals surface area contributed by atoms with Gasteiger partial charge in [-0.1, -0.05) is 6.07 Å². The van der Waals surface area contributed by atoms with Crippen LogP contribution in [0.2, 0.25) is 0 Å². The number of hydrogen-bond acceptors (Lipinski definition) is 4. The van der Waals surface area contributed by atoms with Crippen molar-refractivity contribution in [2.24, 2.45) is 0 Å². The third kappa shape index (κ3) is 2.83. The van der Waals surface area contributed by atoms with E-state index in [2.05, 4.69) is 16.0 Å². The molecule has 0 radical (unpaired) electrons. The second-order valence-corrected chi connectivity index (χ2v) is 8.18. The van der Waals surface area contributed by atoms with E-state index in [0.717, 1.165) is 16.6 Å². The maximum absolute atomic E-state index is 12.8. The Morgan fingerprint density at radius 2 is 1.69 bits per heavy atom. The summed E-state index contributed by atoms with van der Waals surface area (Å²) in [7, 11) is -3.53. The molecular formula is C19H18N4O2S. The molecule has 0 amide bonds. The van der Waals surface area contributed by atoms with Gasteiger partial charge in [-0.15, -0.1) is 0 Å². The van der Waals surface area contributed by atoms with Crippen molar-refractivity contribution in [2.45, 2.75) is 4.90 Å². The van der Waals surface area contributed by atoms with E-state index in [1.807, 2.05) is 30.5 Å². The van der Waals surface area contributed by atoms with Gasteiger partial charge in [-0.05, 0) is 42.5 Å². The molecule has 1 aromatic heterocycles. The van der Waals surface area contributed by atoms with Gasteiger partial charge in [0.25, 0.3) is 0 Å². The summed E-state index contributed by atoms with van der Waals surface area (Å²) in [5, 5.41) is 10.0. The number of piperazine rings is 1. The van der Waals surface area contributed by atoms with Gasteiger partial charge in [0.2, 0.25) is 10.0 Å². The topological polar surface area (TPSA) is 80.2 Å². The number of rotatable bonds is 3. The Hall–Kier alpha value is -2.82. The molecular weight excluding hydrogens is 348 g/mol. The van der Waals surface area contributed by atoms with Crippen molar-refractivity contribution >= 4 is 26.6 Å². The SMILES string of the molecule is N#Cc1ccc(S(=O)(=O)N2CCN(c3cccc4[nH]ccc34)CC2)cc1. The number of anilines is 1. The van der Waals surface area contributed by atoms with Gasteiger partial charge >= 0.3 is 0 Å². The number of aromatic amines is 1. The van der Waals surface area contributed by atoms with Crippen LogP contribution < -0.4 is 4.90 Å². The second kappa shape index (κ2) is 6.48. The highest BCUT2D eigenvalue weighted by Gasteiger charge is 2.29. The van der Waals surface area contributed by atoms with E-state index in [1.165, 1.54) is 28.6 Å². The number of benzene rings is 2. The zero-order valence-corrected chi connectivity index (χ0v) is 14.9. The molecule has 1 fully saturated rings. The smallest absolute Gasteiger partial charge is 0.243 e. The Balaban J connectivity index is 1.52. The van der Waals surface area contributed by atoms with E-state index in [0.29, 0.717) is 31.7 Å². The van der Waals surface area contributed by atoms with Gasteiger partial charge in [0, 0.05) is 49.0 Å². The van der Waals surface area contributed by atoms with E-state index in [4.69, 9.17) is 5.26 Å². The Morgan fingerprint density at radius 3 is 2.38 bits per heavy atom. The lowest BCUT2D eigenvalue weighted by Gasteiger charge is -2.35. The molecule has 2 aromatic carbocycles. The summed E-state index contributed by atoms with van der Waals surface area (Å²) in [6, 6.07) is 16.2. The molecule has 0 bridgehead atoms. The summed E-state index contributed by atoms with van der Waals surface area (Å²) in [6.07, 6.45) is 1.92. The maximum atomic E-state index is 12.8. The van der Waals surface area contributed by atoms with E-state index in [-0.39, 0.29) is 4.90 Å². The summed E-state index contributed by atoms with van der Waals surface area (Å²) in [5.74, 6) is 0. The van der Waals surface area contributed by atoms with Gasteiger partial charge in [-0.2, -0.15) is 9.57 Å². The molecule has 0 spiro atoms. The highest BCUT2D eigenvalue weighted by Crippen LogP contribution is 2.28. The molecule has 1 saturated heterocycles. The van der Waals surface area contributed by atoms with Crippen molar-refractivity contribution in [2.75, 3.05) is 31.1 Å². The Bertz CT molecular complexity index is 1070. The number of H-pyrrole nitrogens is 1. The standard InChI is InChI=1S/C19H18N4O2S/c20-14-15-4-6-16(7-5-15)26(24,25)23-12-10-22(11-13-23)19-3-1-2-18-17(19)8-9-21-18/h1-9,21H,10-13H2. The first-order valence-corrected chi connectivity index (χ1v) is 9.85. The normalized spacial score (nSPS) is 15.9. The average molecular weight is 366 g/mol. The van der Waals surface area contributed by atoms with Crippen LogP contribution in [0.25, 0.3) is 10.9 Å². The first-order chi connectivity index (χ1) is 12.6. The number of nitriles is 1. The predicted molar refractivity (Wildman–Crippen MR) is 100 cm³/mol. The summed E-state index contributed by atoms with van der Waals surface area (Å²) in [6.45, 7) is 2.14. The van der Waals surface area contributed by atoms with Crippen molar-refractivity contribution < 1.29 is 8.42 Å².